The Morgan fingerprint density at radius 3 is 3.12 bits per heavy atom. The van der Waals surface area contributed by atoms with E-state index in [9.17, 15) is 4.39 Å². The second-order valence-corrected chi connectivity index (χ2v) is 4.78. The lowest BCUT2D eigenvalue weighted by Crippen LogP contribution is -2.22. The Bertz CT molecular complexity index is 384. The van der Waals surface area contributed by atoms with Gasteiger partial charge in [-0.05, 0) is 44.1 Å². The number of benzene rings is 1. The number of hydrogen-bond donors (Lipinski definition) is 1. The van der Waals surface area contributed by atoms with Gasteiger partial charge < -0.3 is 10.1 Å². The molecule has 1 heterocycles. The Balaban J connectivity index is 2.33. The van der Waals surface area contributed by atoms with E-state index in [1.165, 1.54) is 6.07 Å². The summed E-state index contributed by atoms with van der Waals surface area (Å²) in [5, 5.41) is 3.07. The molecule has 1 unspecified atom stereocenters. The van der Waals surface area contributed by atoms with Gasteiger partial charge in [-0.25, -0.2) is 4.39 Å². The summed E-state index contributed by atoms with van der Waals surface area (Å²) in [6, 6.07) is 3.28. The molecule has 1 aromatic carbocycles. The van der Waals surface area contributed by atoms with Crippen molar-refractivity contribution in [2.75, 3.05) is 20.2 Å². The zero-order chi connectivity index (χ0) is 11.5. The largest absolute Gasteiger partial charge is 0.373 e. The highest BCUT2D eigenvalue weighted by atomic mass is 79.9. The number of hydrogen-bond acceptors (Lipinski definition) is 2. The second-order valence-electron chi connectivity index (χ2n) is 3.92. The van der Waals surface area contributed by atoms with Crippen molar-refractivity contribution in [3.8, 4) is 0 Å². The summed E-state index contributed by atoms with van der Waals surface area (Å²) in [4.78, 5) is 0. The van der Waals surface area contributed by atoms with Crippen LogP contribution in [0.25, 0.3) is 0 Å². The van der Waals surface area contributed by atoms with Crippen molar-refractivity contribution >= 4 is 15.9 Å². The maximum atomic E-state index is 13.8. The van der Waals surface area contributed by atoms with Crippen LogP contribution in [0.3, 0.4) is 0 Å². The summed E-state index contributed by atoms with van der Waals surface area (Å²) in [7, 11) is 1.89. The van der Waals surface area contributed by atoms with Crippen LogP contribution in [0.4, 0.5) is 4.39 Å². The van der Waals surface area contributed by atoms with Crippen LogP contribution >= 0.6 is 15.9 Å². The van der Waals surface area contributed by atoms with E-state index >= 15 is 0 Å². The van der Waals surface area contributed by atoms with Gasteiger partial charge in [0, 0.05) is 10.0 Å². The summed E-state index contributed by atoms with van der Waals surface area (Å²) in [5.74, 6) is -0.154. The molecule has 2 rings (SSSR count). The Kier molecular flexibility index (Phi) is 3.95. The van der Waals surface area contributed by atoms with Crippen LogP contribution in [0.15, 0.2) is 16.6 Å². The van der Waals surface area contributed by atoms with E-state index < -0.39 is 0 Å². The standard InChI is InChI=1S/C12H15BrFNO/c1-15-6-4-11-12-8(5-7-16-11)9(13)2-3-10(12)14/h2-3,11,15H,4-7H2,1H3. The third-order valence-electron chi connectivity index (χ3n) is 2.90. The van der Waals surface area contributed by atoms with Crippen molar-refractivity contribution in [1.29, 1.82) is 0 Å². The highest BCUT2D eigenvalue weighted by molar-refractivity contribution is 9.10. The van der Waals surface area contributed by atoms with Gasteiger partial charge in [-0.1, -0.05) is 15.9 Å². The molecule has 1 aliphatic rings. The molecule has 0 radical (unpaired) electrons. The summed E-state index contributed by atoms with van der Waals surface area (Å²) < 4.78 is 20.4. The SMILES string of the molecule is CNCCC1OCCc2c(Br)ccc(F)c21. The van der Waals surface area contributed by atoms with Crippen LogP contribution in [0.2, 0.25) is 0 Å². The molecular formula is C12H15BrFNO. The lowest BCUT2D eigenvalue weighted by atomic mass is 9.95. The monoisotopic (exact) mass is 287 g/mol. The Hall–Kier alpha value is -0.450. The summed E-state index contributed by atoms with van der Waals surface area (Å²) in [6.07, 6.45) is 1.47. The van der Waals surface area contributed by atoms with E-state index in [-0.39, 0.29) is 11.9 Å². The Morgan fingerprint density at radius 2 is 2.38 bits per heavy atom. The fraction of sp³-hybridized carbons (Fsp3) is 0.500. The van der Waals surface area contributed by atoms with Gasteiger partial charge in [0.15, 0.2) is 0 Å². The van der Waals surface area contributed by atoms with E-state index in [1.54, 1.807) is 6.07 Å². The molecule has 2 nitrogen and oxygen atoms in total. The molecule has 1 N–H and O–H groups in total. The van der Waals surface area contributed by atoms with Gasteiger partial charge in [0.05, 0.1) is 12.7 Å². The molecule has 0 aromatic heterocycles. The molecule has 0 bridgehead atoms. The quantitative estimate of drug-likeness (QED) is 0.923. The maximum absolute atomic E-state index is 13.8. The molecule has 88 valence electrons. The summed E-state index contributed by atoms with van der Waals surface area (Å²) in [6.45, 7) is 1.50. The fourth-order valence-electron chi connectivity index (χ4n) is 2.10. The highest BCUT2D eigenvalue weighted by Gasteiger charge is 2.25. The lowest BCUT2D eigenvalue weighted by molar-refractivity contribution is 0.0341. The van der Waals surface area contributed by atoms with E-state index in [2.05, 4.69) is 21.2 Å². The zero-order valence-electron chi connectivity index (χ0n) is 9.22. The molecular weight excluding hydrogens is 273 g/mol. The van der Waals surface area contributed by atoms with Crippen LogP contribution in [0.5, 0.6) is 0 Å². The van der Waals surface area contributed by atoms with Crippen molar-refractivity contribution in [3.05, 3.63) is 33.5 Å². The van der Waals surface area contributed by atoms with Gasteiger partial charge in [-0.2, -0.15) is 0 Å². The molecule has 0 amide bonds. The number of rotatable bonds is 3. The van der Waals surface area contributed by atoms with E-state index in [0.717, 1.165) is 35.0 Å². The van der Waals surface area contributed by atoms with E-state index in [4.69, 9.17) is 4.74 Å². The van der Waals surface area contributed by atoms with Crippen molar-refractivity contribution < 1.29 is 9.13 Å². The normalized spacial score (nSPS) is 19.6. The average molecular weight is 288 g/mol. The molecule has 0 aliphatic carbocycles. The first-order valence-electron chi connectivity index (χ1n) is 5.47. The molecule has 4 heteroatoms. The van der Waals surface area contributed by atoms with Crippen molar-refractivity contribution in [2.24, 2.45) is 0 Å². The van der Waals surface area contributed by atoms with Crippen molar-refractivity contribution in [1.82, 2.24) is 5.32 Å². The minimum Gasteiger partial charge on any atom is -0.373 e. The van der Waals surface area contributed by atoms with Crippen LogP contribution in [-0.4, -0.2) is 20.2 Å². The Morgan fingerprint density at radius 1 is 1.56 bits per heavy atom. The van der Waals surface area contributed by atoms with Gasteiger partial charge in [0.25, 0.3) is 0 Å². The lowest BCUT2D eigenvalue weighted by Gasteiger charge is -2.27. The average Bonchev–Trinajstić information content (AvgIpc) is 2.31. The van der Waals surface area contributed by atoms with E-state index in [1.807, 2.05) is 7.05 Å². The highest BCUT2D eigenvalue weighted by Crippen LogP contribution is 2.35. The molecule has 1 atom stereocenters. The second kappa shape index (κ2) is 5.25. The number of nitrogens with one attached hydrogen (secondary N) is 1. The molecule has 0 saturated heterocycles. The van der Waals surface area contributed by atoms with Gasteiger partial charge in [0.1, 0.15) is 5.82 Å². The molecule has 0 saturated carbocycles. The minimum absolute atomic E-state index is 0.117. The fourth-order valence-corrected chi connectivity index (χ4v) is 2.65. The smallest absolute Gasteiger partial charge is 0.129 e. The van der Waals surface area contributed by atoms with Gasteiger partial charge in [-0.3, -0.25) is 0 Å². The van der Waals surface area contributed by atoms with Crippen LogP contribution in [0, 0.1) is 5.82 Å². The predicted octanol–water partition coefficient (Wildman–Crippen LogP) is 2.81. The number of fused-ring (bicyclic) bond motifs is 1. The Labute approximate surface area is 103 Å². The minimum atomic E-state index is -0.154. The molecule has 0 fully saturated rings. The molecule has 1 aliphatic heterocycles. The first-order chi connectivity index (χ1) is 7.74. The zero-order valence-corrected chi connectivity index (χ0v) is 10.8. The number of halogens is 2. The number of ether oxygens (including phenoxy) is 1. The third kappa shape index (κ3) is 2.29. The van der Waals surface area contributed by atoms with Crippen molar-refractivity contribution in [3.63, 3.8) is 0 Å². The van der Waals surface area contributed by atoms with Crippen LogP contribution < -0.4 is 5.32 Å². The first-order valence-corrected chi connectivity index (χ1v) is 6.26. The van der Waals surface area contributed by atoms with Crippen LogP contribution in [0.1, 0.15) is 23.7 Å². The topological polar surface area (TPSA) is 21.3 Å². The van der Waals surface area contributed by atoms with Gasteiger partial charge in [0.2, 0.25) is 0 Å². The van der Waals surface area contributed by atoms with Gasteiger partial charge in [-0.15, -0.1) is 0 Å². The van der Waals surface area contributed by atoms with Crippen molar-refractivity contribution in [2.45, 2.75) is 18.9 Å². The molecule has 0 spiro atoms. The van der Waals surface area contributed by atoms with Gasteiger partial charge >= 0.3 is 0 Å². The summed E-state index contributed by atoms with van der Waals surface area (Å²) in [5.41, 5.74) is 1.79. The maximum Gasteiger partial charge on any atom is 0.129 e. The predicted molar refractivity (Wildman–Crippen MR) is 65.0 cm³/mol. The molecule has 16 heavy (non-hydrogen) atoms. The van der Waals surface area contributed by atoms with Crippen LogP contribution in [-0.2, 0) is 11.2 Å². The van der Waals surface area contributed by atoms with E-state index in [0.29, 0.717) is 6.61 Å². The molecule has 1 aromatic rings. The third-order valence-corrected chi connectivity index (χ3v) is 3.64. The first kappa shape index (κ1) is 12.0. The summed E-state index contributed by atoms with van der Waals surface area (Å²) >= 11 is 3.47.